The standard InChI is InChI=1S/C23H29N3O4/c1-17-15-26(16-18(2)30-17)23(28)20-9-12-25(13-10-20)22(27)8-5-19-3-6-21(7-4-19)29-14-11-24/h3-8,17-18,20H,9-10,12-16H2,1-2H3/b8-5+. The quantitative estimate of drug-likeness (QED) is 0.695. The van der Waals surface area contributed by atoms with Gasteiger partial charge in [-0.05, 0) is 50.5 Å². The number of carbonyl (C=O) groups excluding carboxylic acids is 2. The minimum atomic E-state index is -0.0423. The molecule has 1 aromatic rings. The molecule has 0 spiro atoms. The maximum Gasteiger partial charge on any atom is 0.246 e. The van der Waals surface area contributed by atoms with Crippen LogP contribution < -0.4 is 4.74 Å². The number of likely N-dealkylation sites (tertiary alicyclic amines) is 1. The summed E-state index contributed by atoms with van der Waals surface area (Å²) in [5.41, 5.74) is 0.883. The van der Waals surface area contributed by atoms with E-state index in [1.165, 1.54) is 0 Å². The van der Waals surface area contributed by atoms with Gasteiger partial charge in [0.05, 0.1) is 12.2 Å². The van der Waals surface area contributed by atoms with Gasteiger partial charge in [0, 0.05) is 38.2 Å². The van der Waals surface area contributed by atoms with E-state index in [1.807, 2.05) is 36.9 Å². The van der Waals surface area contributed by atoms with Gasteiger partial charge in [-0.25, -0.2) is 0 Å². The fraction of sp³-hybridized carbons (Fsp3) is 0.522. The Balaban J connectivity index is 1.47. The molecule has 160 valence electrons. The second kappa shape index (κ2) is 10.3. The highest BCUT2D eigenvalue weighted by Crippen LogP contribution is 2.22. The summed E-state index contributed by atoms with van der Waals surface area (Å²) < 4.78 is 10.9. The number of hydrogen-bond donors (Lipinski definition) is 0. The zero-order valence-corrected chi connectivity index (χ0v) is 17.6. The monoisotopic (exact) mass is 411 g/mol. The minimum absolute atomic E-state index is 0.00964. The number of hydrogen-bond acceptors (Lipinski definition) is 5. The Morgan fingerprint density at radius 3 is 2.37 bits per heavy atom. The van der Waals surface area contributed by atoms with Gasteiger partial charge >= 0.3 is 0 Å². The number of morpholine rings is 1. The van der Waals surface area contributed by atoms with Crippen molar-refractivity contribution in [3.8, 4) is 11.8 Å². The lowest BCUT2D eigenvalue weighted by Gasteiger charge is -2.39. The second-order valence-corrected chi connectivity index (χ2v) is 7.95. The maximum atomic E-state index is 12.8. The van der Waals surface area contributed by atoms with Gasteiger partial charge < -0.3 is 19.3 Å². The number of amides is 2. The molecule has 3 rings (SSSR count). The summed E-state index contributed by atoms with van der Waals surface area (Å²) in [6.07, 6.45) is 4.86. The Hall–Kier alpha value is -2.85. The summed E-state index contributed by atoms with van der Waals surface area (Å²) in [5, 5.41) is 8.53. The molecule has 7 nitrogen and oxygen atoms in total. The van der Waals surface area contributed by atoms with E-state index < -0.39 is 0 Å². The summed E-state index contributed by atoms with van der Waals surface area (Å²) in [6, 6.07) is 9.14. The number of rotatable bonds is 5. The molecular formula is C23H29N3O4. The Morgan fingerprint density at radius 2 is 1.77 bits per heavy atom. The van der Waals surface area contributed by atoms with Crippen molar-refractivity contribution in [2.75, 3.05) is 32.8 Å². The van der Waals surface area contributed by atoms with Gasteiger partial charge in [0.2, 0.25) is 11.8 Å². The third-order valence-electron chi connectivity index (χ3n) is 5.49. The highest BCUT2D eigenvalue weighted by atomic mass is 16.5. The fourth-order valence-corrected chi connectivity index (χ4v) is 4.03. The van der Waals surface area contributed by atoms with E-state index in [-0.39, 0.29) is 36.5 Å². The maximum absolute atomic E-state index is 12.8. The zero-order chi connectivity index (χ0) is 21.5. The lowest BCUT2D eigenvalue weighted by Crippen LogP contribution is -2.51. The van der Waals surface area contributed by atoms with Crippen LogP contribution in [-0.4, -0.2) is 66.6 Å². The summed E-state index contributed by atoms with van der Waals surface area (Å²) >= 11 is 0. The van der Waals surface area contributed by atoms with Gasteiger partial charge in [-0.2, -0.15) is 5.26 Å². The van der Waals surface area contributed by atoms with E-state index in [1.54, 1.807) is 29.2 Å². The zero-order valence-electron chi connectivity index (χ0n) is 17.6. The summed E-state index contributed by atoms with van der Waals surface area (Å²) in [5.74, 6) is 0.755. The van der Waals surface area contributed by atoms with E-state index in [0.717, 1.165) is 5.56 Å². The first kappa shape index (κ1) is 21.8. The second-order valence-electron chi connectivity index (χ2n) is 7.95. The molecule has 2 saturated heterocycles. The number of piperidine rings is 1. The number of carbonyl (C=O) groups is 2. The molecule has 2 heterocycles. The third kappa shape index (κ3) is 5.83. The normalized spacial score (nSPS) is 22.7. The summed E-state index contributed by atoms with van der Waals surface area (Å²) in [6.45, 7) is 6.48. The van der Waals surface area contributed by atoms with Gasteiger partial charge in [0.15, 0.2) is 6.61 Å². The average molecular weight is 412 g/mol. The van der Waals surface area contributed by atoms with Crippen molar-refractivity contribution in [1.82, 2.24) is 9.80 Å². The van der Waals surface area contributed by atoms with Crippen LogP contribution in [0.5, 0.6) is 5.75 Å². The van der Waals surface area contributed by atoms with Crippen molar-refractivity contribution in [3.63, 3.8) is 0 Å². The predicted molar refractivity (Wildman–Crippen MR) is 112 cm³/mol. The number of ether oxygens (including phenoxy) is 2. The van der Waals surface area contributed by atoms with Gasteiger partial charge in [-0.3, -0.25) is 9.59 Å². The van der Waals surface area contributed by atoms with Crippen LogP contribution >= 0.6 is 0 Å². The van der Waals surface area contributed by atoms with E-state index in [2.05, 4.69) is 0 Å². The lowest BCUT2D eigenvalue weighted by atomic mass is 9.94. The van der Waals surface area contributed by atoms with Crippen LogP contribution in [0.25, 0.3) is 6.08 Å². The van der Waals surface area contributed by atoms with Crippen LogP contribution in [0.4, 0.5) is 0 Å². The largest absolute Gasteiger partial charge is 0.479 e. The van der Waals surface area contributed by atoms with E-state index in [9.17, 15) is 9.59 Å². The molecule has 0 aliphatic carbocycles. The van der Waals surface area contributed by atoms with Gasteiger partial charge in [-0.1, -0.05) is 12.1 Å². The highest BCUT2D eigenvalue weighted by Gasteiger charge is 2.33. The molecule has 2 aliphatic rings. The first-order valence-corrected chi connectivity index (χ1v) is 10.5. The average Bonchev–Trinajstić information content (AvgIpc) is 2.75. The Labute approximate surface area is 177 Å². The number of benzene rings is 1. The van der Waals surface area contributed by atoms with Crippen LogP contribution in [0.3, 0.4) is 0 Å². The molecule has 2 amide bonds. The summed E-state index contributed by atoms with van der Waals surface area (Å²) in [7, 11) is 0. The third-order valence-corrected chi connectivity index (χ3v) is 5.49. The first-order chi connectivity index (χ1) is 14.5. The van der Waals surface area contributed by atoms with Crippen LogP contribution in [0.15, 0.2) is 30.3 Å². The molecule has 7 heteroatoms. The van der Waals surface area contributed by atoms with Crippen molar-refractivity contribution < 1.29 is 19.1 Å². The van der Waals surface area contributed by atoms with Gasteiger partial charge in [0.1, 0.15) is 11.8 Å². The molecule has 2 fully saturated rings. The number of nitriles is 1. The first-order valence-electron chi connectivity index (χ1n) is 10.5. The molecule has 1 aromatic carbocycles. The van der Waals surface area contributed by atoms with Crippen LogP contribution in [-0.2, 0) is 14.3 Å². The molecule has 0 N–H and O–H groups in total. The van der Waals surface area contributed by atoms with Crippen molar-refractivity contribution in [2.24, 2.45) is 5.92 Å². The lowest BCUT2D eigenvalue weighted by molar-refractivity contribution is -0.149. The van der Waals surface area contributed by atoms with Crippen LogP contribution in [0.1, 0.15) is 32.3 Å². The van der Waals surface area contributed by atoms with Gasteiger partial charge in [-0.15, -0.1) is 0 Å². The van der Waals surface area contributed by atoms with Crippen molar-refractivity contribution in [1.29, 1.82) is 5.26 Å². The minimum Gasteiger partial charge on any atom is -0.479 e. The Bertz CT molecular complexity index is 797. The van der Waals surface area contributed by atoms with Crippen LogP contribution in [0, 0.1) is 17.2 Å². The Morgan fingerprint density at radius 1 is 1.13 bits per heavy atom. The summed E-state index contributed by atoms with van der Waals surface area (Å²) in [4.78, 5) is 29.1. The molecule has 2 aliphatic heterocycles. The molecule has 2 atom stereocenters. The van der Waals surface area contributed by atoms with Crippen molar-refractivity contribution >= 4 is 17.9 Å². The fourth-order valence-electron chi connectivity index (χ4n) is 4.03. The van der Waals surface area contributed by atoms with E-state index >= 15 is 0 Å². The molecule has 0 radical (unpaired) electrons. The smallest absolute Gasteiger partial charge is 0.246 e. The van der Waals surface area contributed by atoms with Crippen LogP contribution in [0.2, 0.25) is 0 Å². The van der Waals surface area contributed by atoms with Crippen molar-refractivity contribution in [2.45, 2.75) is 38.9 Å². The van der Waals surface area contributed by atoms with E-state index in [4.69, 9.17) is 14.7 Å². The molecule has 0 aromatic heterocycles. The Kier molecular flexibility index (Phi) is 7.47. The topological polar surface area (TPSA) is 82.9 Å². The molecular weight excluding hydrogens is 382 g/mol. The van der Waals surface area contributed by atoms with Crippen molar-refractivity contribution in [3.05, 3.63) is 35.9 Å². The van der Waals surface area contributed by atoms with E-state index in [0.29, 0.717) is 44.8 Å². The SMILES string of the molecule is CC1CN(C(=O)C2CCN(C(=O)/C=C/c3ccc(OCC#N)cc3)CC2)CC(C)O1. The molecule has 2 unspecified atom stereocenters. The highest BCUT2D eigenvalue weighted by molar-refractivity contribution is 5.92. The molecule has 0 bridgehead atoms. The molecule has 30 heavy (non-hydrogen) atoms. The predicted octanol–water partition coefficient (Wildman–Crippen LogP) is 2.48. The molecule has 0 saturated carbocycles. The number of nitrogens with zero attached hydrogens (tertiary/aromatic N) is 3. The van der Waals surface area contributed by atoms with Gasteiger partial charge in [0.25, 0.3) is 0 Å².